The van der Waals surface area contributed by atoms with Crippen molar-refractivity contribution >= 4 is 65.2 Å². The van der Waals surface area contributed by atoms with E-state index in [1.807, 2.05) is 34.0 Å². The maximum absolute atomic E-state index is 2.40. The summed E-state index contributed by atoms with van der Waals surface area (Å²) >= 11 is 5.78. The maximum atomic E-state index is 2.40. The standard InChI is InChI=1S/C30H29NS3/c1-4-5-6-7-8-22-12-16-27(33-22)21-11-14-24-28(18-21)34-30-23-13-10-20(26-15-9-19(2)32-26)17-25(23)31(3)29(24)30/h9-18H,4-8H2,1-3H3. The number of aryl methyl sites for hydroxylation is 3. The Morgan fingerprint density at radius 3 is 2.29 bits per heavy atom. The van der Waals surface area contributed by atoms with E-state index in [0.29, 0.717) is 0 Å². The van der Waals surface area contributed by atoms with Crippen molar-refractivity contribution in [2.75, 3.05) is 0 Å². The zero-order chi connectivity index (χ0) is 23.2. The van der Waals surface area contributed by atoms with Crippen LogP contribution < -0.4 is 0 Å². The van der Waals surface area contributed by atoms with E-state index in [2.05, 4.69) is 86.1 Å². The van der Waals surface area contributed by atoms with Crippen LogP contribution in [0, 0.1) is 6.92 Å². The first kappa shape index (κ1) is 22.1. The largest absolute Gasteiger partial charge is 0.342 e. The molecule has 2 aromatic carbocycles. The molecule has 172 valence electrons. The minimum Gasteiger partial charge on any atom is -0.342 e. The lowest BCUT2D eigenvalue weighted by atomic mass is 10.1. The Labute approximate surface area is 213 Å². The molecule has 34 heavy (non-hydrogen) atoms. The van der Waals surface area contributed by atoms with Crippen LogP contribution in [0.1, 0.15) is 42.4 Å². The summed E-state index contributed by atoms with van der Waals surface area (Å²) in [6.45, 7) is 4.45. The number of benzene rings is 2. The number of rotatable bonds is 7. The van der Waals surface area contributed by atoms with Crippen molar-refractivity contribution in [3.63, 3.8) is 0 Å². The fraction of sp³-hybridized carbons (Fsp3) is 0.267. The zero-order valence-electron chi connectivity index (χ0n) is 20.0. The SMILES string of the molecule is CCCCCCc1ccc(-c2ccc3c(c2)sc2c4ccc(-c5ccc(C)s5)cc4n(C)c32)s1. The molecule has 0 radical (unpaired) electrons. The van der Waals surface area contributed by atoms with Gasteiger partial charge in [0, 0.05) is 42.0 Å². The number of nitrogens with zero attached hydrogens (tertiary/aromatic N) is 1. The van der Waals surface area contributed by atoms with Crippen LogP contribution in [0.25, 0.3) is 52.1 Å². The van der Waals surface area contributed by atoms with E-state index in [1.54, 1.807) is 0 Å². The number of hydrogen-bond donors (Lipinski definition) is 0. The summed E-state index contributed by atoms with van der Waals surface area (Å²) < 4.78 is 5.18. The summed E-state index contributed by atoms with van der Waals surface area (Å²) in [4.78, 5) is 5.62. The predicted molar refractivity (Wildman–Crippen MR) is 155 cm³/mol. The van der Waals surface area contributed by atoms with Gasteiger partial charge in [-0.2, -0.15) is 0 Å². The molecule has 0 unspecified atom stereocenters. The van der Waals surface area contributed by atoms with Crippen LogP contribution in [0.3, 0.4) is 0 Å². The summed E-state index contributed by atoms with van der Waals surface area (Å²) in [5.74, 6) is 0. The molecule has 0 aliphatic carbocycles. The Morgan fingerprint density at radius 2 is 1.50 bits per heavy atom. The van der Waals surface area contributed by atoms with Gasteiger partial charge >= 0.3 is 0 Å². The van der Waals surface area contributed by atoms with Crippen LogP contribution in [0.5, 0.6) is 0 Å². The second-order valence-corrected chi connectivity index (χ2v) is 12.8. The van der Waals surface area contributed by atoms with E-state index >= 15 is 0 Å². The van der Waals surface area contributed by atoms with Gasteiger partial charge in [-0.15, -0.1) is 34.0 Å². The van der Waals surface area contributed by atoms with E-state index < -0.39 is 0 Å². The van der Waals surface area contributed by atoms with Crippen LogP contribution in [0.4, 0.5) is 0 Å². The van der Waals surface area contributed by atoms with Crippen LogP contribution in [-0.2, 0) is 13.5 Å². The van der Waals surface area contributed by atoms with Gasteiger partial charge in [0.1, 0.15) is 0 Å². The van der Waals surface area contributed by atoms with Crippen LogP contribution in [0.2, 0.25) is 0 Å². The van der Waals surface area contributed by atoms with E-state index in [-0.39, 0.29) is 0 Å². The minimum absolute atomic E-state index is 1.22. The number of unbranched alkanes of at least 4 members (excludes halogenated alkanes) is 3. The number of hydrogen-bond acceptors (Lipinski definition) is 3. The van der Waals surface area contributed by atoms with Crippen molar-refractivity contribution in [3.8, 4) is 20.9 Å². The average molecular weight is 500 g/mol. The van der Waals surface area contributed by atoms with E-state index in [4.69, 9.17) is 0 Å². The molecule has 4 heterocycles. The van der Waals surface area contributed by atoms with Crippen LogP contribution in [-0.4, -0.2) is 4.57 Å². The van der Waals surface area contributed by atoms with Gasteiger partial charge < -0.3 is 4.57 Å². The summed E-state index contributed by atoms with van der Waals surface area (Å²) in [5, 5.41) is 2.73. The van der Waals surface area contributed by atoms with Gasteiger partial charge in [-0.3, -0.25) is 0 Å². The highest BCUT2D eigenvalue weighted by Crippen LogP contribution is 2.43. The zero-order valence-corrected chi connectivity index (χ0v) is 22.4. The molecule has 1 nitrogen and oxygen atoms in total. The highest BCUT2D eigenvalue weighted by atomic mass is 32.1. The summed E-state index contributed by atoms with van der Waals surface area (Å²) in [6, 6.07) is 23.1. The fourth-order valence-electron chi connectivity index (χ4n) is 5.01. The topological polar surface area (TPSA) is 4.93 Å². The molecule has 4 heteroatoms. The van der Waals surface area contributed by atoms with Gasteiger partial charge in [0.05, 0.1) is 15.7 Å². The summed E-state index contributed by atoms with van der Waals surface area (Å²) in [6.07, 6.45) is 6.53. The first-order chi connectivity index (χ1) is 16.6. The molecule has 0 saturated carbocycles. The van der Waals surface area contributed by atoms with Gasteiger partial charge in [0.15, 0.2) is 0 Å². The van der Waals surface area contributed by atoms with Gasteiger partial charge in [0.2, 0.25) is 0 Å². The molecule has 0 bridgehead atoms. The lowest BCUT2D eigenvalue weighted by Gasteiger charge is -2.03. The van der Waals surface area contributed by atoms with Crippen molar-refractivity contribution in [2.45, 2.75) is 46.0 Å². The van der Waals surface area contributed by atoms with Crippen LogP contribution in [0.15, 0.2) is 60.7 Å². The normalized spacial score (nSPS) is 12.0. The number of fused-ring (bicyclic) bond motifs is 5. The second kappa shape index (κ2) is 8.99. The average Bonchev–Trinajstić information content (AvgIpc) is 3.62. The Kier molecular flexibility index (Phi) is 5.84. The number of aromatic nitrogens is 1. The molecule has 0 aliphatic heterocycles. The van der Waals surface area contributed by atoms with Crippen molar-refractivity contribution in [2.24, 2.45) is 7.05 Å². The minimum atomic E-state index is 1.22. The Balaban J connectivity index is 1.37. The highest BCUT2D eigenvalue weighted by molar-refractivity contribution is 7.26. The first-order valence-corrected chi connectivity index (χ1v) is 14.7. The van der Waals surface area contributed by atoms with Crippen molar-refractivity contribution in [1.29, 1.82) is 0 Å². The lowest BCUT2D eigenvalue weighted by Crippen LogP contribution is -1.87. The quantitative estimate of drug-likeness (QED) is 0.192. The van der Waals surface area contributed by atoms with E-state index in [0.717, 1.165) is 0 Å². The first-order valence-electron chi connectivity index (χ1n) is 12.2. The van der Waals surface area contributed by atoms with Gasteiger partial charge in [-0.1, -0.05) is 50.5 Å². The Hall–Kier alpha value is -2.40. The van der Waals surface area contributed by atoms with Crippen LogP contribution >= 0.6 is 34.0 Å². The Morgan fingerprint density at radius 1 is 0.735 bits per heavy atom. The molecule has 0 N–H and O–H groups in total. The smallest absolute Gasteiger partial charge is 0.0678 e. The fourth-order valence-corrected chi connectivity index (χ4v) is 8.23. The third-order valence-electron chi connectivity index (χ3n) is 6.85. The molecule has 6 aromatic rings. The molecule has 0 aliphatic rings. The van der Waals surface area contributed by atoms with Gasteiger partial charge in [-0.05, 0) is 67.3 Å². The van der Waals surface area contributed by atoms with E-state index in [1.165, 1.54) is 93.9 Å². The maximum Gasteiger partial charge on any atom is 0.0678 e. The third-order valence-corrected chi connectivity index (χ3v) is 10.3. The molecule has 6 rings (SSSR count). The summed E-state index contributed by atoms with van der Waals surface area (Å²) in [7, 11) is 2.22. The van der Waals surface area contributed by atoms with Crippen molar-refractivity contribution < 1.29 is 0 Å². The molecule has 0 spiro atoms. The Bertz CT molecular complexity index is 1620. The molecule has 4 aromatic heterocycles. The molecule has 0 atom stereocenters. The molecule has 0 fully saturated rings. The third kappa shape index (κ3) is 3.82. The number of thiophene rings is 3. The monoisotopic (exact) mass is 499 g/mol. The highest BCUT2D eigenvalue weighted by Gasteiger charge is 2.16. The summed E-state index contributed by atoms with van der Waals surface area (Å²) in [5.41, 5.74) is 5.35. The van der Waals surface area contributed by atoms with Gasteiger partial charge in [-0.25, -0.2) is 0 Å². The molecular formula is C30H29NS3. The predicted octanol–water partition coefficient (Wildman–Crippen LogP) is 10.4. The van der Waals surface area contributed by atoms with Crippen molar-refractivity contribution in [1.82, 2.24) is 4.57 Å². The van der Waals surface area contributed by atoms with Crippen molar-refractivity contribution in [3.05, 3.63) is 70.4 Å². The van der Waals surface area contributed by atoms with E-state index in [9.17, 15) is 0 Å². The van der Waals surface area contributed by atoms with Gasteiger partial charge in [0.25, 0.3) is 0 Å². The molecular weight excluding hydrogens is 471 g/mol. The molecule has 0 amide bonds. The lowest BCUT2D eigenvalue weighted by molar-refractivity contribution is 0.670. The second-order valence-electron chi connectivity index (χ2n) is 9.27. The molecule has 0 saturated heterocycles.